The van der Waals surface area contributed by atoms with E-state index in [1.807, 2.05) is 0 Å². The van der Waals surface area contributed by atoms with E-state index in [1.165, 1.54) is 18.3 Å². The lowest BCUT2D eigenvalue weighted by atomic mass is 9.93. The van der Waals surface area contributed by atoms with Crippen LogP contribution in [-0.4, -0.2) is 11.3 Å². The highest BCUT2D eigenvalue weighted by Gasteiger charge is 2.30. The van der Waals surface area contributed by atoms with Gasteiger partial charge in [-0.15, -0.1) is 0 Å². The van der Waals surface area contributed by atoms with E-state index < -0.39 is 18.2 Å². The van der Waals surface area contributed by atoms with Crippen LogP contribution in [0.15, 0.2) is 15.2 Å². The smallest absolute Gasteiger partial charge is 0.385 e. The predicted molar refractivity (Wildman–Crippen MR) is 61.5 cm³/mol. The Balaban J connectivity index is 2.56. The standard InChI is InChI=1S/C10H12BrF3OS/c1-9(15,3-2-4-10(12,13)14)7-5-16-6-8(7)11/h5-6,15H,2-4H2,1H3. The van der Waals surface area contributed by atoms with E-state index in [0.29, 0.717) is 5.56 Å². The predicted octanol–water partition coefficient (Wildman–Crippen LogP) is 4.45. The van der Waals surface area contributed by atoms with Gasteiger partial charge in [-0.25, -0.2) is 0 Å². The maximum atomic E-state index is 12.0. The number of halogens is 4. The SMILES string of the molecule is CC(O)(CCCC(F)(F)F)c1cscc1Br. The molecule has 1 rings (SSSR count). The molecule has 0 radical (unpaired) electrons. The molecular formula is C10H12BrF3OS. The second-order valence-electron chi connectivity index (χ2n) is 3.88. The molecule has 92 valence electrons. The van der Waals surface area contributed by atoms with Crippen molar-refractivity contribution in [2.24, 2.45) is 0 Å². The average molecular weight is 317 g/mol. The zero-order valence-corrected chi connectivity index (χ0v) is 11.0. The monoisotopic (exact) mass is 316 g/mol. The van der Waals surface area contributed by atoms with Crippen molar-refractivity contribution >= 4 is 27.3 Å². The number of thiophene rings is 1. The van der Waals surface area contributed by atoms with Crippen molar-refractivity contribution in [2.75, 3.05) is 0 Å². The molecule has 0 fully saturated rings. The van der Waals surface area contributed by atoms with Gasteiger partial charge in [0.1, 0.15) is 0 Å². The van der Waals surface area contributed by atoms with Crippen LogP contribution in [0.1, 0.15) is 31.7 Å². The van der Waals surface area contributed by atoms with Crippen molar-refractivity contribution in [3.8, 4) is 0 Å². The molecule has 0 aromatic carbocycles. The maximum absolute atomic E-state index is 12.0. The normalized spacial score (nSPS) is 16.1. The van der Waals surface area contributed by atoms with Crippen LogP contribution in [0.2, 0.25) is 0 Å². The van der Waals surface area contributed by atoms with Crippen LogP contribution in [0.5, 0.6) is 0 Å². The third-order valence-electron chi connectivity index (χ3n) is 2.32. The minimum absolute atomic E-state index is 0.0706. The molecule has 1 nitrogen and oxygen atoms in total. The second-order valence-corrected chi connectivity index (χ2v) is 5.47. The van der Waals surface area contributed by atoms with Crippen LogP contribution in [-0.2, 0) is 5.60 Å². The zero-order chi connectivity index (χ0) is 12.4. The summed E-state index contributed by atoms with van der Waals surface area (Å²) >= 11 is 4.66. The van der Waals surface area contributed by atoms with Gasteiger partial charge < -0.3 is 5.11 Å². The maximum Gasteiger partial charge on any atom is 0.389 e. The van der Waals surface area contributed by atoms with Gasteiger partial charge >= 0.3 is 6.18 Å². The molecule has 1 heterocycles. The fraction of sp³-hybridized carbons (Fsp3) is 0.600. The number of aliphatic hydroxyl groups is 1. The highest BCUT2D eigenvalue weighted by Crippen LogP contribution is 2.36. The fourth-order valence-corrected chi connectivity index (χ4v) is 3.28. The second kappa shape index (κ2) is 5.06. The van der Waals surface area contributed by atoms with Crippen molar-refractivity contribution in [3.63, 3.8) is 0 Å². The Labute approximate surface area is 104 Å². The Kier molecular flexibility index (Phi) is 4.42. The Morgan fingerprint density at radius 1 is 1.31 bits per heavy atom. The molecule has 1 N–H and O–H groups in total. The van der Waals surface area contributed by atoms with Crippen molar-refractivity contribution < 1.29 is 18.3 Å². The third-order valence-corrected chi connectivity index (χ3v) is 4.02. The van der Waals surface area contributed by atoms with Crippen molar-refractivity contribution in [3.05, 3.63) is 20.8 Å². The van der Waals surface area contributed by atoms with Gasteiger partial charge in [-0.2, -0.15) is 24.5 Å². The molecule has 16 heavy (non-hydrogen) atoms. The van der Waals surface area contributed by atoms with Crippen LogP contribution in [0, 0.1) is 0 Å². The van der Waals surface area contributed by atoms with Gasteiger partial charge in [-0.05, 0) is 41.1 Å². The molecule has 0 aliphatic heterocycles. The molecule has 0 aliphatic rings. The van der Waals surface area contributed by atoms with Gasteiger partial charge in [-0.3, -0.25) is 0 Å². The molecule has 1 atom stereocenters. The quantitative estimate of drug-likeness (QED) is 0.870. The minimum Gasteiger partial charge on any atom is -0.385 e. The summed E-state index contributed by atoms with van der Waals surface area (Å²) in [6.07, 6.45) is -4.98. The Morgan fingerprint density at radius 2 is 1.94 bits per heavy atom. The van der Waals surface area contributed by atoms with E-state index in [1.54, 1.807) is 10.8 Å². The fourth-order valence-electron chi connectivity index (χ4n) is 1.43. The Bertz CT molecular complexity index is 346. The molecule has 0 amide bonds. The van der Waals surface area contributed by atoms with Gasteiger partial charge in [0.05, 0.1) is 5.60 Å². The van der Waals surface area contributed by atoms with Gasteiger partial charge in [0.2, 0.25) is 0 Å². The molecule has 0 bridgehead atoms. The van der Waals surface area contributed by atoms with E-state index in [0.717, 1.165) is 4.47 Å². The zero-order valence-electron chi connectivity index (χ0n) is 8.64. The summed E-state index contributed by atoms with van der Waals surface area (Å²) in [6, 6.07) is 0. The highest BCUT2D eigenvalue weighted by molar-refractivity contribution is 9.10. The van der Waals surface area contributed by atoms with Gasteiger partial charge in [0.15, 0.2) is 0 Å². The Morgan fingerprint density at radius 3 is 2.38 bits per heavy atom. The first-order valence-electron chi connectivity index (χ1n) is 4.74. The van der Waals surface area contributed by atoms with E-state index in [4.69, 9.17) is 0 Å². The summed E-state index contributed by atoms with van der Waals surface area (Å²) in [5.74, 6) is 0. The van der Waals surface area contributed by atoms with Gasteiger partial charge in [0, 0.05) is 21.8 Å². The van der Waals surface area contributed by atoms with E-state index in [2.05, 4.69) is 15.9 Å². The molecule has 1 aromatic rings. The topological polar surface area (TPSA) is 20.2 Å². The Hall–Kier alpha value is -0.0700. The summed E-state index contributed by atoms with van der Waals surface area (Å²) in [7, 11) is 0. The summed E-state index contributed by atoms with van der Waals surface area (Å²) in [5, 5.41) is 13.6. The third kappa shape index (κ3) is 4.07. The van der Waals surface area contributed by atoms with Crippen molar-refractivity contribution in [2.45, 2.75) is 38.0 Å². The number of rotatable bonds is 4. The first-order chi connectivity index (χ1) is 7.22. The van der Waals surface area contributed by atoms with E-state index in [-0.39, 0.29) is 12.8 Å². The van der Waals surface area contributed by atoms with Gasteiger partial charge in [0.25, 0.3) is 0 Å². The number of hydrogen-bond acceptors (Lipinski definition) is 2. The van der Waals surface area contributed by atoms with E-state index >= 15 is 0 Å². The van der Waals surface area contributed by atoms with E-state index in [9.17, 15) is 18.3 Å². The van der Waals surface area contributed by atoms with Gasteiger partial charge in [-0.1, -0.05) is 0 Å². The van der Waals surface area contributed by atoms with Crippen molar-refractivity contribution in [1.29, 1.82) is 0 Å². The molecule has 0 aliphatic carbocycles. The van der Waals surface area contributed by atoms with Crippen LogP contribution in [0.4, 0.5) is 13.2 Å². The largest absolute Gasteiger partial charge is 0.389 e. The molecule has 0 saturated carbocycles. The van der Waals surface area contributed by atoms with Crippen LogP contribution < -0.4 is 0 Å². The molecule has 6 heteroatoms. The lowest BCUT2D eigenvalue weighted by Crippen LogP contribution is -2.21. The number of hydrogen-bond donors (Lipinski definition) is 1. The lowest BCUT2D eigenvalue weighted by Gasteiger charge is -2.23. The van der Waals surface area contributed by atoms with Crippen molar-refractivity contribution in [1.82, 2.24) is 0 Å². The molecule has 1 aromatic heterocycles. The summed E-state index contributed by atoms with van der Waals surface area (Å²) in [4.78, 5) is 0. The molecule has 1 unspecified atom stereocenters. The van der Waals surface area contributed by atoms with Crippen LogP contribution >= 0.6 is 27.3 Å². The lowest BCUT2D eigenvalue weighted by molar-refractivity contribution is -0.137. The first-order valence-corrected chi connectivity index (χ1v) is 6.47. The summed E-state index contributed by atoms with van der Waals surface area (Å²) in [5.41, 5.74) is -0.552. The van der Waals surface area contributed by atoms with Crippen LogP contribution in [0.3, 0.4) is 0 Å². The minimum atomic E-state index is -4.15. The first kappa shape index (κ1) is 14.0. The molecular weight excluding hydrogens is 305 g/mol. The summed E-state index contributed by atoms with van der Waals surface area (Å²) in [6.45, 7) is 1.54. The molecule has 0 spiro atoms. The average Bonchev–Trinajstić information content (AvgIpc) is 2.48. The highest BCUT2D eigenvalue weighted by atomic mass is 79.9. The summed E-state index contributed by atoms with van der Waals surface area (Å²) < 4.78 is 36.6. The van der Waals surface area contributed by atoms with Crippen LogP contribution in [0.25, 0.3) is 0 Å². The number of alkyl halides is 3. The molecule has 0 saturated heterocycles.